The van der Waals surface area contributed by atoms with E-state index in [9.17, 15) is 4.79 Å². The fraction of sp³-hybridized carbons (Fsp3) is 0.600. The SMILES string of the molecule is COC(=O)C1CC(C)Cc2cn[nH]c21. The van der Waals surface area contributed by atoms with Crippen LogP contribution in [0.3, 0.4) is 0 Å². The molecule has 76 valence electrons. The highest BCUT2D eigenvalue weighted by atomic mass is 16.5. The Morgan fingerprint density at radius 1 is 1.71 bits per heavy atom. The maximum atomic E-state index is 11.5. The van der Waals surface area contributed by atoms with E-state index in [2.05, 4.69) is 17.1 Å². The third kappa shape index (κ3) is 1.41. The molecule has 4 heteroatoms. The Hall–Kier alpha value is -1.32. The number of fused-ring (bicyclic) bond motifs is 1. The van der Waals surface area contributed by atoms with Crippen molar-refractivity contribution in [1.29, 1.82) is 0 Å². The average molecular weight is 194 g/mol. The minimum absolute atomic E-state index is 0.152. The smallest absolute Gasteiger partial charge is 0.314 e. The Morgan fingerprint density at radius 3 is 3.21 bits per heavy atom. The molecule has 1 N–H and O–H groups in total. The van der Waals surface area contributed by atoms with Crippen LogP contribution in [0.1, 0.15) is 30.5 Å². The number of carbonyl (C=O) groups is 1. The van der Waals surface area contributed by atoms with Crippen molar-refractivity contribution in [1.82, 2.24) is 10.2 Å². The predicted molar refractivity (Wildman–Crippen MR) is 50.8 cm³/mol. The molecule has 4 nitrogen and oxygen atoms in total. The van der Waals surface area contributed by atoms with Crippen LogP contribution in [-0.4, -0.2) is 23.3 Å². The fourth-order valence-electron chi connectivity index (χ4n) is 2.12. The number of H-pyrrole nitrogens is 1. The number of ether oxygens (including phenoxy) is 1. The van der Waals surface area contributed by atoms with Crippen molar-refractivity contribution in [2.45, 2.75) is 25.7 Å². The minimum Gasteiger partial charge on any atom is -0.469 e. The molecule has 0 amide bonds. The maximum absolute atomic E-state index is 11.5. The molecule has 2 atom stereocenters. The van der Waals surface area contributed by atoms with E-state index in [1.54, 1.807) is 6.20 Å². The van der Waals surface area contributed by atoms with Crippen molar-refractivity contribution >= 4 is 5.97 Å². The van der Waals surface area contributed by atoms with Crippen molar-refractivity contribution in [3.63, 3.8) is 0 Å². The van der Waals surface area contributed by atoms with Crippen LogP contribution in [-0.2, 0) is 16.0 Å². The fourth-order valence-corrected chi connectivity index (χ4v) is 2.12. The van der Waals surface area contributed by atoms with E-state index in [-0.39, 0.29) is 11.9 Å². The molecular formula is C10H14N2O2. The van der Waals surface area contributed by atoms with E-state index in [1.807, 2.05) is 0 Å². The van der Waals surface area contributed by atoms with E-state index in [0.717, 1.165) is 24.1 Å². The Bertz CT molecular complexity index is 346. The van der Waals surface area contributed by atoms with Gasteiger partial charge in [-0.15, -0.1) is 0 Å². The molecule has 0 saturated carbocycles. The standard InChI is InChI=1S/C10H14N2O2/c1-6-3-7-5-11-12-9(7)8(4-6)10(13)14-2/h5-6,8H,3-4H2,1-2H3,(H,11,12). The summed E-state index contributed by atoms with van der Waals surface area (Å²) < 4.78 is 4.78. The van der Waals surface area contributed by atoms with E-state index >= 15 is 0 Å². The molecule has 1 aliphatic carbocycles. The lowest BCUT2D eigenvalue weighted by atomic mass is 9.81. The summed E-state index contributed by atoms with van der Waals surface area (Å²) in [6.45, 7) is 2.14. The summed E-state index contributed by atoms with van der Waals surface area (Å²) in [4.78, 5) is 11.5. The van der Waals surface area contributed by atoms with E-state index in [1.165, 1.54) is 7.11 Å². The number of nitrogens with one attached hydrogen (secondary N) is 1. The van der Waals surface area contributed by atoms with Crippen molar-refractivity contribution in [3.05, 3.63) is 17.5 Å². The Kier molecular flexibility index (Phi) is 2.27. The topological polar surface area (TPSA) is 55.0 Å². The number of hydrogen-bond acceptors (Lipinski definition) is 3. The zero-order valence-corrected chi connectivity index (χ0v) is 8.41. The van der Waals surface area contributed by atoms with Gasteiger partial charge >= 0.3 is 5.97 Å². The highest BCUT2D eigenvalue weighted by Crippen LogP contribution is 2.33. The van der Waals surface area contributed by atoms with Crippen LogP contribution in [0.25, 0.3) is 0 Å². The molecule has 1 aromatic rings. The molecule has 0 aliphatic heterocycles. The van der Waals surface area contributed by atoms with Gasteiger partial charge in [-0.1, -0.05) is 6.92 Å². The van der Waals surface area contributed by atoms with Crippen LogP contribution in [0.5, 0.6) is 0 Å². The molecule has 0 radical (unpaired) electrons. The molecule has 1 heterocycles. The monoisotopic (exact) mass is 194 g/mol. The van der Waals surface area contributed by atoms with Crippen LogP contribution >= 0.6 is 0 Å². The number of hydrogen-bond donors (Lipinski definition) is 1. The molecular weight excluding hydrogens is 180 g/mol. The second kappa shape index (κ2) is 3.44. The summed E-state index contributed by atoms with van der Waals surface area (Å²) in [7, 11) is 1.43. The van der Waals surface area contributed by atoms with Gasteiger partial charge in [-0.2, -0.15) is 5.10 Å². The minimum atomic E-state index is -0.165. The Labute approximate surface area is 82.7 Å². The zero-order chi connectivity index (χ0) is 10.1. The molecule has 2 unspecified atom stereocenters. The molecule has 0 fully saturated rings. The van der Waals surface area contributed by atoms with Crippen LogP contribution < -0.4 is 0 Å². The number of esters is 1. The van der Waals surface area contributed by atoms with Crippen molar-refractivity contribution < 1.29 is 9.53 Å². The van der Waals surface area contributed by atoms with Crippen molar-refractivity contribution in [2.24, 2.45) is 5.92 Å². The summed E-state index contributed by atoms with van der Waals surface area (Å²) >= 11 is 0. The van der Waals surface area contributed by atoms with E-state index in [0.29, 0.717) is 5.92 Å². The van der Waals surface area contributed by atoms with Gasteiger partial charge in [-0.3, -0.25) is 9.89 Å². The number of nitrogens with zero attached hydrogens (tertiary/aromatic N) is 1. The lowest BCUT2D eigenvalue weighted by Crippen LogP contribution is -2.23. The van der Waals surface area contributed by atoms with E-state index in [4.69, 9.17) is 4.74 Å². The van der Waals surface area contributed by atoms with E-state index < -0.39 is 0 Å². The number of aromatic nitrogens is 2. The molecule has 2 rings (SSSR count). The third-order valence-corrected chi connectivity index (χ3v) is 2.79. The highest BCUT2D eigenvalue weighted by Gasteiger charge is 2.32. The zero-order valence-electron chi connectivity index (χ0n) is 8.41. The van der Waals surface area contributed by atoms with Gasteiger partial charge in [0.05, 0.1) is 24.9 Å². The second-order valence-corrected chi connectivity index (χ2v) is 3.93. The molecule has 0 bridgehead atoms. The summed E-state index contributed by atoms with van der Waals surface area (Å²) in [5, 5.41) is 6.87. The largest absolute Gasteiger partial charge is 0.469 e. The van der Waals surface area contributed by atoms with Crippen LogP contribution in [0.4, 0.5) is 0 Å². The second-order valence-electron chi connectivity index (χ2n) is 3.93. The lowest BCUT2D eigenvalue weighted by Gasteiger charge is -2.24. The summed E-state index contributed by atoms with van der Waals surface area (Å²) in [6.07, 6.45) is 3.65. The van der Waals surface area contributed by atoms with Gasteiger partial charge in [0.2, 0.25) is 0 Å². The first kappa shape index (κ1) is 9.24. The van der Waals surface area contributed by atoms with Gasteiger partial charge in [-0.25, -0.2) is 0 Å². The van der Waals surface area contributed by atoms with Gasteiger partial charge in [0, 0.05) is 0 Å². The quantitative estimate of drug-likeness (QED) is 0.684. The van der Waals surface area contributed by atoms with Crippen LogP contribution in [0.15, 0.2) is 6.20 Å². The normalized spacial score (nSPS) is 25.6. The van der Waals surface area contributed by atoms with Crippen molar-refractivity contribution in [3.8, 4) is 0 Å². The first-order chi connectivity index (χ1) is 6.72. The van der Waals surface area contributed by atoms with Gasteiger partial charge in [0.25, 0.3) is 0 Å². The Balaban J connectivity index is 2.32. The van der Waals surface area contributed by atoms with Crippen molar-refractivity contribution in [2.75, 3.05) is 7.11 Å². The number of rotatable bonds is 1. The van der Waals surface area contributed by atoms with Crippen LogP contribution in [0, 0.1) is 5.92 Å². The number of methoxy groups -OCH3 is 1. The van der Waals surface area contributed by atoms with Gasteiger partial charge in [0.15, 0.2) is 0 Å². The van der Waals surface area contributed by atoms with Gasteiger partial charge < -0.3 is 4.74 Å². The summed E-state index contributed by atoms with van der Waals surface area (Å²) in [5.41, 5.74) is 2.09. The highest BCUT2D eigenvalue weighted by molar-refractivity contribution is 5.78. The first-order valence-corrected chi connectivity index (χ1v) is 4.82. The number of aromatic amines is 1. The number of carbonyl (C=O) groups excluding carboxylic acids is 1. The summed E-state index contributed by atoms with van der Waals surface area (Å²) in [5.74, 6) is 0.201. The third-order valence-electron chi connectivity index (χ3n) is 2.79. The van der Waals surface area contributed by atoms with Gasteiger partial charge in [0.1, 0.15) is 0 Å². The first-order valence-electron chi connectivity index (χ1n) is 4.82. The average Bonchev–Trinajstić information content (AvgIpc) is 2.62. The molecule has 14 heavy (non-hydrogen) atoms. The summed E-state index contributed by atoms with van der Waals surface area (Å²) in [6, 6.07) is 0. The molecule has 0 saturated heterocycles. The predicted octanol–water partition coefficient (Wildman–Crippen LogP) is 1.25. The maximum Gasteiger partial charge on any atom is 0.314 e. The van der Waals surface area contributed by atoms with Crippen LogP contribution in [0.2, 0.25) is 0 Å². The molecule has 0 spiro atoms. The molecule has 1 aromatic heterocycles. The lowest BCUT2D eigenvalue weighted by molar-refractivity contribution is -0.143. The molecule has 1 aliphatic rings. The molecule has 0 aromatic carbocycles. The van der Waals surface area contributed by atoms with Gasteiger partial charge in [-0.05, 0) is 24.3 Å². The Morgan fingerprint density at radius 2 is 2.50 bits per heavy atom.